The topological polar surface area (TPSA) is 93.2 Å². The normalized spacial score (nSPS) is 9.71. The molecule has 0 radical (unpaired) electrons. The number of carbonyl (C=O) groups is 1. The average Bonchev–Trinajstić information content (AvgIpc) is 2.49. The first-order chi connectivity index (χ1) is 10.1. The van der Waals surface area contributed by atoms with Gasteiger partial charge >= 0.3 is 5.69 Å². The third-order valence-corrected chi connectivity index (χ3v) is 2.62. The Kier molecular flexibility index (Phi) is 3.90. The molecule has 2 rings (SSSR count). The lowest BCUT2D eigenvalue weighted by molar-refractivity contribution is -0.385. The highest BCUT2D eigenvalue weighted by atomic mass is 19.1. The number of nitrogens with zero attached hydrogens (tertiary/aromatic N) is 2. The second kappa shape index (κ2) is 5.79. The minimum Gasteiger partial charge on any atom is -0.446 e. The molecule has 7 heteroatoms. The van der Waals surface area contributed by atoms with Gasteiger partial charge in [-0.25, -0.2) is 4.39 Å². The number of nitro benzene ring substituents is 1. The van der Waals surface area contributed by atoms with E-state index in [9.17, 15) is 19.3 Å². The second-order valence-electron chi connectivity index (χ2n) is 3.93. The molecule has 0 saturated heterocycles. The highest BCUT2D eigenvalue weighted by Gasteiger charge is 2.21. The van der Waals surface area contributed by atoms with E-state index in [1.807, 2.05) is 0 Å². The Morgan fingerprint density at radius 3 is 2.71 bits per heavy atom. The largest absolute Gasteiger partial charge is 0.446 e. The fraction of sp³-hybridized carbons (Fsp3) is 0. The van der Waals surface area contributed by atoms with E-state index in [4.69, 9.17) is 10.00 Å². The molecule has 0 unspecified atom stereocenters. The van der Waals surface area contributed by atoms with Gasteiger partial charge in [-0.15, -0.1) is 0 Å². The molecule has 0 spiro atoms. The van der Waals surface area contributed by atoms with Crippen molar-refractivity contribution in [2.24, 2.45) is 0 Å². The number of hydrogen-bond acceptors (Lipinski definition) is 5. The summed E-state index contributed by atoms with van der Waals surface area (Å²) in [5.74, 6) is -1.58. The van der Waals surface area contributed by atoms with Crippen molar-refractivity contribution in [3.8, 4) is 17.6 Å². The number of halogens is 1. The van der Waals surface area contributed by atoms with Crippen LogP contribution >= 0.6 is 0 Å². The van der Waals surface area contributed by atoms with Gasteiger partial charge in [0.1, 0.15) is 18.1 Å². The summed E-state index contributed by atoms with van der Waals surface area (Å²) in [4.78, 5) is 20.7. The molecule has 0 atom stereocenters. The van der Waals surface area contributed by atoms with Gasteiger partial charge in [-0.05, 0) is 24.3 Å². The Morgan fingerprint density at radius 2 is 2.10 bits per heavy atom. The number of rotatable bonds is 4. The summed E-state index contributed by atoms with van der Waals surface area (Å²) in [7, 11) is 0. The predicted molar refractivity (Wildman–Crippen MR) is 69.7 cm³/mol. The zero-order valence-corrected chi connectivity index (χ0v) is 10.4. The molecular weight excluding hydrogens is 279 g/mol. The third-order valence-electron chi connectivity index (χ3n) is 2.62. The summed E-state index contributed by atoms with van der Waals surface area (Å²) in [6.07, 6.45) is 0.538. The Balaban J connectivity index is 2.51. The van der Waals surface area contributed by atoms with Crippen LogP contribution in [-0.4, -0.2) is 11.2 Å². The number of nitro groups is 1. The SMILES string of the molecule is N#Cc1cc(C=O)ccc1Oc1c(F)cccc1[N+](=O)[O-]. The van der Waals surface area contributed by atoms with Crippen LogP contribution in [0.15, 0.2) is 36.4 Å². The van der Waals surface area contributed by atoms with Crippen LogP contribution in [0, 0.1) is 27.3 Å². The van der Waals surface area contributed by atoms with E-state index in [2.05, 4.69) is 0 Å². The minimum absolute atomic E-state index is 0.0304. The smallest absolute Gasteiger partial charge is 0.314 e. The van der Waals surface area contributed by atoms with Crippen LogP contribution in [0.25, 0.3) is 0 Å². The molecular formula is C14H7FN2O4. The first kappa shape index (κ1) is 14.1. The Labute approximate surface area is 118 Å². The quantitative estimate of drug-likeness (QED) is 0.488. The number of carbonyl (C=O) groups excluding carboxylic acids is 1. The molecule has 2 aromatic rings. The van der Waals surface area contributed by atoms with Crippen LogP contribution in [-0.2, 0) is 0 Å². The van der Waals surface area contributed by atoms with Crippen molar-refractivity contribution in [1.29, 1.82) is 5.26 Å². The Morgan fingerprint density at radius 1 is 1.33 bits per heavy atom. The first-order valence-electron chi connectivity index (χ1n) is 5.67. The number of nitriles is 1. The molecule has 0 amide bonds. The van der Waals surface area contributed by atoms with Gasteiger partial charge in [0.15, 0.2) is 5.82 Å². The van der Waals surface area contributed by atoms with E-state index in [-0.39, 0.29) is 16.9 Å². The summed E-state index contributed by atoms with van der Waals surface area (Å²) in [6.45, 7) is 0. The summed E-state index contributed by atoms with van der Waals surface area (Å²) in [6, 6.07) is 8.94. The van der Waals surface area contributed by atoms with Gasteiger partial charge in [0.2, 0.25) is 5.75 Å². The molecule has 0 aliphatic carbocycles. The van der Waals surface area contributed by atoms with Crippen LogP contribution in [0.4, 0.5) is 10.1 Å². The maximum Gasteiger partial charge on any atom is 0.314 e. The van der Waals surface area contributed by atoms with Crippen LogP contribution in [0.5, 0.6) is 11.5 Å². The van der Waals surface area contributed by atoms with Crippen molar-refractivity contribution >= 4 is 12.0 Å². The van der Waals surface area contributed by atoms with Gasteiger partial charge in [-0.1, -0.05) is 6.07 Å². The molecule has 2 aromatic carbocycles. The van der Waals surface area contributed by atoms with Crippen molar-refractivity contribution in [3.05, 3.63) is 63.5 Å². The molecule has 6 nitrogen and oxygen atoms in total. The van der Waals surface area contributed by atoms with Crippen LogP contribution < -0.4 is 4.74 Å². The van der Waals surface area contributed by atoms with Gasteiger partial charge in [-0.3, -0.25) is 14.9 Å². The predicted octanol–water partition coefficient (Wildman–Crippen LogP) is 3.21. The van der Waals surface area contributed by atoms with Gasteiger partial charge < -0.3 is 4.74 Å². The van der Waals surface area contributed by atoms with E-state index >= 15 is 0 Å². The zero-order chi connectivity index (χ0) is 15.4. The number of para-hydroxylation sites is 1. The lowest BCUT2D eigenvalue weighted by atomic mass is 10.1. The number of benzene rings is 2. The van der Waals surface area contributed by atoms with Crippen molar-refractivity contribution in [3.63, 3.8) is 0 Å². The van der Waals surface area contributed by atoms with Crippen molar-refractivity contribution in [2.45, 2.75) is 0 Å². The van der Waals surface area contributed by atoms with Crippen LogP contribution in [0.1, 0.15) is 15.9 Å². The monoisotopic (exact) mass is 286 g/mol. The molecule has 0 N–H and O–H groups in total. The highest BCUT2D eigenvalue weighted by molar-refractivity contribution is 5.76. The number of aldehydes is 1. The van der Waals surface area contributed by atoms with Crippen LogP contribution in [0.2, 0.25) is 0 Å². The Bertz CT molecular complexity index is 768. The number of ether oxygens (including phenoxy) is 1. The minimum atomic E-state index is -0.924. The van der Waals surface area contributed by atoms with E-state index in [0.717, 1.165) is 12.1 Å². The summed E-state index contributed by atoms with van der Waals surface area (Å²) >= 11 is 0. The maximum absolute atomic E-state index is 13.7. The summed E-state index contributed by atoms with van der Waals surface area (Å²) < 4.78 is 18.9. The highest BCUT2D eigenvalue weighted by Crippen LogP contribution is 2.35. The van der Waals surface area contributed by atoms with Gasteiger partial charge in [0.25, 0.3) is 0 Å². The molecule has 0 heterocycles. The van der Waals surface area contributed by atoms with E-state index in [1.165, 1.54) is 24.3 Å². The van der Waals surface area contributed by atoms with Crippen molar-refractivity contribution < 1.29 is 18.8 Å². The molecule has 0 aromatic heterocycles. The lowest BCUT2D eigenvalue weighted by Crippen LogP contribution is -1.97. The molecule has 104 valence electrons. The summed E-state index contributed by atoms with van der Waals surface area (Å²) in [5, 5.41) is 19.9. The number of hydrogen-bond donors (Lipinski definition) is 0. The molecule has 0 aliphatic rings. The Hall–Kier alpha value is -3.27. The molecule has 21 heavy (non-hydrogen) atoms. The fourth-order valence-electron chi connectivity index (χ4n) is 1.65. The first-order valence-corrected chi connectivity index (χ1v) is 5.67. The zero-order valence-electron chi connectivity index (χ0n) is 10.4. The molecule has 0 fully saturated rings. The molecule has 0 aliphatic heterocycles. The van der Waals surface area contributed by atoms with E-state index in [1.54, 1.807) is 6.07 Å². The fourth-order valence-corrected chi connectivity index (χ4v) is 1.65. The van der Waals surface area contributed by atoms with E-state index in [0.29, 0.717) is 6.29 Å². The molecule has 0 saturated carbocycles. The average molecular weight is 286 g/mol. The van der Waals surface area contributed by atoms with Gasteiger partial charge in [-0.2, -0.15) is 5.26 Å². The molecule has 0 bridgehead atoms. The summed E-state index contributed by atoms with van der Waals surface area (Å²) in [5.41, 5.74) is -0.350. The van der Waals surface area contributed by atoms with Gasteiger partial charge in [0.05, 0.1) is 10.5 Å². The third kappa shape index (κ3) is 2.84. The van der Waals surface area contributed by atoms with E-state index < -0.39 is 22.2 Å². The maximum atomic E-state index is 13.7. The second-order valence-corrected chi connectivity index (χ2v) is 3.93. The van der Waals surface area contributed by atoms with Crippen molar-refractivity contribution in [1.82, 2.24) is 0 Å². The van der Waals surface area contributed by atoms with Crippen molar-refractivity contribution in [2.75, 3.05) is 0 Å². The van der Waals surface area contributed by atoms with Gasteiger partial charge in [0, 0.05) is 11.6 Å². The van der Waals surface area contributed by atoms with Crippen LogP contribution in [0.3, 0.4) is 0 Å². The lowest BCUT2D eigenvalue weighted by Gasteiger charge is -2.08. The standard InChI is InChI=1S/C14H7FN2O4/c15-11-2-1-3-12(17(19)20)14(11)21-13-5-4-9(8-18)6-10(13)7-16/h1-6,8H.